The number of hydrogen-bond donors (Lipinski definition) is 1. The molecule has 3 aromatic rings. The maximum atomic E-state index is 14.4. The number of amides is 4. The average molecular weight is 796 g/mol. The van der Waals surface area contributed by atoms with Crippen LogP contribution in [0.2, 0.25) is 0 Å². The number of benzene rings is 3. The molecule has 0 spiro atoms. The van der Waals surface area contributed by atoms with Crippen LogP contribution in [0.1, 0.15) is 24.3 Å². The number of halogens is 3. The molecule has 3 fully saturated rings. The fourth-order valence-corrected chi connectivity index (χ4v) is 9.38. The van der Waals surface area contributed by atoms with Crippen molar-refractivity contribution in [1.29, 1.82) is 0 Å². The van der Waals surface area contributed by atoms with E-state index in [9.17, 15) is 24.3 Å². The van der Waals surface area contributed by atoms with Crippen molar-refractivity contribution in [3.8, 4) is 5.75 Å². The summed E-state index contributed by atoms with van der Waals surface area (Å²) in [6, 6.07) is 21.2. The summed E-state index contributed by atoms with van der Waals surface area (Å²) in [6.45, 7) is -0.278. The number of para-hydroxylation sites is 1. The molecule has 4 amide bonds. The van der Waals surface area contributed by atoms with Crippen molar-refractivity contribution in [2.45, 2.75) is 28.5 Å². The van der Waals surface area contributed by atoms with Gasteiger partial charge >= 0.3 is 0 Å². The van der Waals surface area contributed by atoms with E-state index in [1.807, 2.05) is 49.3 Å². The summed E-state index contributed by atoms with van der Waals surface area (Å²) >= 11 is 17.9. The molecule has 6 atom stereocenters. The first kappa shape index (κ1) is 35.3. The zero-order valence-electron chi connectivity index (χ0n) is 27.7. The molecule has 2 heterocycles. The highest BCUT2D eigenvalue weighted by molar-refractivity contribution is 9.09. The smallest absolute Gasteiger partial charge is 0.254 e. The Balaban J connectivity index is 1.23. The normalized spacial score (nSPS) is 28.5. The van der Waals surface area contributed by atoms with E-state index in [4.69, 9.17) is 27.9 Å². The second-order valence-corrected chi connectivity index (χ2v) is 15.0. The van der Waals surface area contributed by atoms with E-state index >= 15 is 0 Å². The number of allylic oxidation sites excluding steroid dienone is 2. The van der Waals surface area contributed by atoms with Gasteiger partial charge < -0.3 is 14.7 Å². The monoisotopic (exact) mass is 793 g/mol. The summed E-state index contributed by atoms with van der Waals surface area (Å²) in [5.41, 5.74) is 3.65. The third kappa shape index (κ3) is 5.49. The van der Waals surface area contributed by atoms with Gasteiger partial charge in [0.1, 0.15) is 12.4 Å². The summed E-state index contributed by atoms with van der Waals surface area (Å²) in [7, 11) is 3.91. The lowest BCUT2D eigenvalue weighted by molar-refractivity contribution is -0.138. The van der Waals surface area contributed by atoms with E-state index < -0.39 is 51.1 Å². The lowest BCUT2D eigenvalue weighted by atomic mass is 9.56. The van der Waals surface area contributed by atoms with Crippen LogP contribution in [0.3, 0.4) is 0 Å². The molecule has 4 aliphatic rings. The Morgan fingerprint density at radius 1 is 0.902 bits per heavy atom. The van der Waals surface area contributed by atoms with Crippen molar-refractivity contribution in [2.75, 3.05) is 42.6 Å². The number of fused-ring (bicyclic) bond motifs is 4. The number of hydrogen-bond acceptors (Lipinski definition) is 9. The maximum Gasteiger partial charge on any atom is 0.254 e. The fourth-order valence-electron chi connectivity index (χ4n) is 7.96. The summed E-state index contributed by atoms with van der Waals surface area (Å²) < 4.78 is 5.88. The minimum atomic E-state index is -1.96. The van der Waals surface area contributed by atoms with E-state index in [0.717, 1.165) is 10.6 Å². The zero-order valence-corrected chi connectivity index (χ0v) is 30.8. The van der Waals surface area contributed by atoms with Crippen LogP contribution in [0, 0.1) is 17.8 Å². The van der Waals surface area contributed by atoms with Crippen molar-refractivity contribution in [1.82, 2.24) is 4.90 Å². The lowest BCUT2D eigenvalue weighted by Gasteiger charge is -2.51. The van der Waals surface area contributed by atoms with Crippen LogP contribution < -0.4 is 14.5 Å². The number of nitrogens with zero attached hydrogens (tertiary/aromatic N) is 5. The van der Waals surface area contributed by atoms with Crippen LogP contribution in [0.4, 0.5) is 22.7 Å². The predicted octanol–water partition coefficient (Wildman–Crippen LogP) is 6.45. The highest BCUT2D eigenvalue weighted by Crippen LogP contribution is 2.66. The minimum absolute atomic E-state index is 0.0232. The van der Waals surface area contributed by atoms with Gasteiger partial charge in [-0.3, -0.25) is 29.0 Å². The quantitative estimate of drug-likeness (QED) is 0.0866. The van der Waals surface area contributed by atoms with Crippen molar-refractivity contribution in [2.24, 2.45) is 28.0 Å². The molecule has 2 aliphatic carbocycles. The third-order valence-corrected chi connectivity index (χ3v) is 12.3. The molecule has 11 nitrogen and oxygen atoms in total. The van der Waals surface area contributed by atoms with Crippen LogP contribution in [-0.2, 0) is 19.2 Å². The SMILES string of the molecule is CN(C)c1ccc(N=Nc2ccc(N3C(=O)[C@H]4[C@H](CC=C5[C@H]4C[C@@]4(Cl)C(=O)N(CBr)C(=O)[C@@]4(Cl)[C@H]5c4ccccc4OCCO)C3=O)cc2)cc1. The van der Waals surface area contributed by atoms with Gasteiger partial charge in [-0.15, -0.1) is 23.2 Å². The molecule has 264 valence electrons. The third-order valence-electron chi connectivity index (χ3n) is 10.3. The first-order valence-electron chi connectivity index (χ1n) is 16.5. The van der Waals surface area contributed by atoms with Crippen molar-refractivity contribution in [3.05, 3.63) is 90.0 Å². The Morgan fingerprint density at radius 2 is 1.55 bits per heavy atom. The molecule has 1 saturated carbocycles. The molecule has 0 radical (unpaired) electrons. The van der Waals surface area contributed by atoms with E-state index in [1.165, 1.54) is 4.90 Å². The molecule has 0 aromatic heterocycles. The van der Waals surface area contributed by atoms with Gasteiger partial charge in [-0.05, 0) is 73.4 Å². The van der Waals surface area contributed by atoms with Crippen LogP contribution in [0.15, 0.2) is 94.7 Å². The Morgan fingerprint density at radius 3 is 2.18 bits per heavy atom. The molecular weight excluding hydrogens is 761 g/mol. The lowest BCUT2D eigenvalue weighted by Crippen LogP contribution is -2.60. The largest absolute Gasteiger partial charge is 0.491 e. The maximum absolute atomic E-state index is 14.4. The van der Waals surface area contributed by atoms with Crippen molar-refractivity contribution in [3.63, 3.8) is 0 Å². The molecule has 51 heavy (non-hydrogen) atoms. The Labute approximate surface area is 313 Å². The number of rotatable bonds is 9. The van der Waals surface area contributed by atoms with Crippen molar-refractivity contribution >= 4 is 85.5 Å². The number of azo groups is 1. The van der Waals surface area contributed by atoms with Gasteiger partial charge in [-0.25, -0.2) is 0 Å². The van der Waals surface area contributed by atoms with Gasteiger partial charge in [0.2, 0.25) is 11.8 Å². The molecule has 14 heteroatoms. The zero-order chi connectivity index (χ0) is 36.2. The summed E-state index contributed by atoms with van der Waals surface area (Å²) in [5.74, 6) is -4.99. The number of imide groups is 2. The van der Waals surface area contributed by atoms with Gasteiger partial charge in [0.15, 0.2) is 9.75 Å². The first-order chi connectivity index (χ1) is 24.5. The molecule has 2 saturated heterocycles. The summed E-state index contributed by atoms with van der Waals surface area (Å²) in [6.07, 6.45) is 1.97. The van der Waals surface area contributed by atoms with Crippen LogP contribution in [0.25, 0.3) is 0 Å². The van der Waals surface area contributed by atoms with Gasteiger partial charge in [-0.1, -0.05) is 45.8 Å². The van der Waals surface area contributed by atoms with E-state index in [0.29, 0.717) is 33.9 Å². The number of alkyl halides is 3. The second-order valence-electron chi connectivity index (χ2n) is 13.2. The number of aliphatic hydroxyl groups is 1. The van der Waals surface area contributed by atoms with E-state index in [2.05, 4.69) is 26.2 Å². The number of anilines is 2. The number of carbonyl (C=O) groups is 4. The highest BCUT2D eigenvalue weighted by atomic mass is 79.9. The number of ether oxygens (including phenoxy) is 1. The van der Waals surface area contributed by atoms with E-state index in [-0.39, 0.29) is 37.4 Å². The summed E-state index contributed by atoms with van der Waals surface area (Å²) in [5, 5.41) is 18.1. The molecular formula is C37H34BrCl2N5O6. The summed E-state index contributed by atoms with van der Waals surface area (Å²) in [4.78, 5) is 56.7. The van der Waals surface area contributed by atoms with Crippen LogP contribution in [-0.4, -0.2) is 76.1 Å². The van der Waals surface area contributed by atoms with Gasteiger partial charge in [0.05, 0.1) is 41.0 Å². The Bertz CT molecular complexity index is 1970. The molecule has 3 aromatic carbocycles. The Hall–Kier alpha value is -4.10. The topological polar surface area (TPSA) is 132 Å². The molecule has 0 bridgehead atoms. The molecule has 1 N–H and O–H groups in total. The second kappa shape index (κ2) is 13.5. The standard InChI is InChI=1S/C37H34BrCl2N5O6/c1-43(2)23-11-7-21(8-12-23)41-42-22-9-13-24(14-10-22)45-32(47)27-16-15-25-28(30(27)33(45)48)19-36(39)34(49)44(20-38)35(50)37(36,40)31(25)26-5-3-4-6-29(26)51-18-17-46/h3-15,27-28,30-31,46H,16-20H2,1-2H3/t27-,28+,30-,31+,36+,37-/m0/s1. The first-order valence-corrected chi connectivity index (χ1v) is 18.3. The fraction of sp³-hybridized carbons (Fsp3) is 0.351. The Kier molecular flexibility index (Phi) is 9.32. The van der Waals surface area contributed by atoms with Gasteiger partial charge in [-0.2, -0.15) is 10.2 Å². The van der Waals surface area contributed by atoms with Gasteiger partial charge in [0.25, 0.3) is 11.8 Å². The van der Waals surface area contributed by atoms with E-state index in [1.54, 1.807) is 48.5 Å². The number of carbonyl (C=O) groups excluding carboxylic acids is 4. The van der Waals surface area contributed by atoms with Crippen molar-refractivity contribution < 1.29 is 29.0 Å². The van der Waals surface area contributed by atoms with Crippen LogP contribution >= 0.6 is 39.1 Å². The van der Waals surface area contributed by atoms with Crippen LogP contribution in [0.5, 0.6) is 5.75 Å². The number of aliphatic hydroxyl groups excluding tert-OH is 1. The molecule has 0 unspecified atom stereocenters. The molecule has 7 rings (SSSR count). The minimum Gasteiger partial charge on any atom is -0.491 e. The highest BCUT2D eigenvalue weighted by Gasteiger charge is 2.76. The number of likely N-dealkylation sites (tertiary alicyclic amines) is 1. The predicted molar refractivity (Wildman–Crippen MR) is 196 cm³/mol. The van der Waals surface area contributed by atoms with Gasteiger partial charge in [0, 0.05) is 31.3 Å². The average Bonchev–Trinajstić information content (AvgIpc) is 3.47. The molecule has 2 aliphatic heterocycles.